The SMILES string of the molecule is NC(=O)/C(N)=C\C(=O)c1cccc(NC(=O)c2ccc(OCCCCc3ccccc3)cc2)c1O. The molecule has 0 bridgehead atoms. The lowest BCUT2D eigenvalue weighted by molar-refractivity contribution is -0.114. The predicted octanol–water partition coefficient (Wildman–Crippen LogP) is 3.56. The number of nitrogens with two attached hydrogens (primary N) is 2. The zero-order chi connectivity index (χ0) is 25.2. The van der Waals surface area contributed by atoms with Gasteiger partial charge in [-0.2, -0.15) is 0 Å². The van der Waals surface area contributed by atoms with E-state index in [1.165, 1.54) is 23.8 Å². The number of nitrogens with one attached hydrogen (secondary N) is 1. The molecule has 0 spiro atoms. The van der Waals surface area contributed by atoms with E-state index >= 15 is 0 Å². The van der Waals surface area contributed by atoms with E-state index in [1.54, 1.807) is 24.3 Å². The van der Waals surface area contributed by atoms with Crippen LogP contribution in [0.4, 0.5) is 5.69 Å². The smallest absolute Gasteiger partial charge is 0.264 e. The minimum atomic E-state index is -0.957. The Bertz CT molecular complexity index is 1220. The number of aromatic hydroxyl groups is 1. The second-order valence-electron chi connectivity index (χ2n) is 7.80. The van der Waals surface area contributed by atoms with Crippen LogP contribution in [0.1, 0.15) is 39.1 Å². The van der Waals surface area contributed by atoms with Crippen LogP contribution in [0, 0.1) is 0 Å². The molecule has 0 fully saturated rings. The summed E-state index contributed by atoms with van der Waals surface area (Å²) in [4.78, 5) is 35.9. The highest BCUT2D eigenvalue weighted by Gasteiger charge is 2.16. The molecule has 3 rings (SSSR count). The van der Waals surface area contributed by atoms with Gasteiger partial charge in [-0.3, -0.25) is 14.4 Å². The van der Waals surface area contributed by atoms with Crippen molar-refractivity contribution in [1.29, 1.82) is 0 Å². The minimum absolute atomic E-state index is 0.0330. The van der Waals surface area contributed by atoms with Crippen molar-refractivity contribution < 1.29 is 24.2 Å². The molecule has 0 saturated carbocycles. The number of phenolic OH excluding ortho intramolecular Hbond substituents is 1. The fourth-order valence-corrected chi connectivity index (χ4v) is 3.30. The van der Waals surface area contributed by atoms with Crippen LogP contribution in [0.25, 0.3) is 0 Å². The number of aryl methyl sites for hydroxylation is 1. The van der Waals surface area contributed by atoms with Gasteiger partial charge in [0.15, 0.2) is 5.78 Å². The maximum atomic E-state index is 12.6. The highest BCUT2D eigenvalue weighted by atomic mass is 16.5. The van der Waals surface area contributed by atoms with E-state index in [-0.39, 0.29) is 11.3 Å². The first-order chi connectivity index (χ1) is 16.8. The Morgan fingerprint density at radius 1 is 0.886 bits per heavy atom. The van der Waals surface area contributed by atoms with Crippen molar-refractivity contribution in [3.8, 4) is 11.5 Å². The second-order valence-corrected chi connectivity index (χ2v) is 7.80. The van der Waals surface area contributed by atoms with Crippen LogP contribution in [0.5, 0.6) is 11.5 Å². The fourth-order valence-electron chi connectivity index (χ4n) is 3.30. The third kappa shape index (κ3) is 7.20. The summed E-state index contributed by atoms with van der Waals surface area (Å²) in [6.07, 6.45) is 3.74. The normalized spacial score (nSPS) is 11.0. The van der Waals surface area contributed by atoms with E-state index in [0.717, 1.165) is 25.3 Å². The lowest BCUT2D eigenvalue weighted by atomic mass is 10.1. The summed E-state index contributed by atoms with van der Waals surface area (Å²) in [6.45, 7) is 0.571. The van der Waals surface area contributed by atoms with Gasteiger partial charge in [-0.25, -0.2) is 0 Å². The molecule has 0 saturated heterocycles. The van der Waals surface area contributed by atoms with Crippen LogP contribution < -0.4 is 21.5 Å². The molecule has 35 heavy (non-hydrogen) atoms. The molecule has 2 amide bonds. The number of phenols is 1. The Balaban J connectivity index is 1.54. The predicted molar refractivity (Wildman–Crippen MR) is 133 cm³/mol. The first kappa shape index (κ1) is 25.0. The molecule has 0 atom stereocenters. The van der Waals surface area contributed by atoms with Gasteiger partial charge in [-0.15, -0.1) is 0 Å². The number of anilines is 1. The van der Waals surface area contributed by atoms with Crippen LogP contribution in [0.15, 0.2) is 84.6 Å². The van der Waals surface area contributed by atoms with Crippen molar-refractivity contribution in [3.63, 3.8) is 0 Å². The van der Waals surface area contributed by atoms with Crippen molar-refractivity contribution >= 4 is 23.3 Å². The summed E-state index contributed by atoms with van der Waals surface area (Å²) in [5.74, 6) is -1.96. The van der Waals surface area contributed by atoms with Crippen LogP contribution in [0.2, 0.25) is 0 Å². The summed E-state index contributed by atoms with van der Waals surface area (Å²) in [7, 11) is 0. The van der Waals surface area contributed by atoms with Gasteiger partial charge in [0.2, 0.25) is 0 Å². The third-order valence-corrected chi connectivity index (χ3v) is 5.21. The maximum Gasteiger partial charge on any atom is 0.264 e. The van der Waals surface area contributed by atoms with Crippen molar-refractivity contribution in [2.24, 2.45) is 11.5 Å². The molecular weight excluding hydrogens is 446 g/mol. The molecule has 3 aromatic carbocycles. The number of ketones is 1. The molecule has 0 heterocycles. The first-order valence-corrected chi connectivity index (χ1v) is 11.1. The number of hydrogen-bond donors (Lipinski definition) is 4. The van der Waals surface area contributed by atoms with E-state index < -0.39 is 29.0 Å². The van der Waals surface area contributed by atoms with Crippen LogP contribution >= 0.6 is 0 Å². The number of primary amides is 1. The number of carbonyl (C=O) groups is 3. The van der Waals surface area contributed by atoms with Crippen LogP contribution in [-0.4, -0.2) is 29.3 Å². The highest BCUT2D eigenvalue weighted by Crippen LogP contribution is 2.29. The van der Waals surface area contributed by atoms with Crippen molar-refractivity contribution in [2.75, 3.05) is 11.9 Å². The van der Waals surface area contributed by atoms with Gasteiger partial charge >= 0.3 is 0 Å². The summed E-state index contributed by atoms with van der Waals surface area (Å²) in [5, 5.41) is 13.0. The topological polar surface area (TPSA) is 145 Å². The number of unbranched alkanes of at least 4 members (excludes halogenated alkanes) is 1. The molecule has 0 aliphatic rings. The largest absolute Gasteiger partial charge is 0.505 e. The monoisotopic (exact) mass is 473 g/mol. The average Bonchev–Trinajstić information content (AvgIpc) is 2.86. The average molecular weight is 474 g/mol. The number of rotatable bonds is 11. The third-order valence-electron chi connectivity index (χ3n) is 5.21. The van der Waals surface area contributed by atoms with Gasteiger partial charge < -0.3 is 26.6 Å². The van der Waals surface area contributed by atoms with Crippen molar-refractivity contribution in [1.82, 2.24) is 0 Å². The lowest BCUT2D eigenvalue weighted by Crippen LogP contribution is -2.21. The molecule has 180 valence electrons. The zero-order valence-corrected chi connectivity index (χ0v) is 19.1. The number of amides is 2. The van der Waals surface area contributed by atoms with Gasteiger partial charge in [-0.05, 0) is 61.2 Å². The highest BCUT2D eigenvalue weighted by molar-refractivity contribution is 6.12. The van der Waals surface area contributed by atoms with Crippen molar-refractivity contribution in [3.05, 3.63) is 101 Å². The number of hydrogen-bond acceptors (Lipinski definition) is 6. The Morgan fingerprint density at radius 2 is 1.60 bits per heavy atom. The Morgan fingerprint density at radius 3 is 2.29 bits per heavy atom. The van der Waals surface area contributed by atoms with Gasteiger partial charge in [0.25, 0.3) is 11.8 Å². The van der Waals surface area contributed by atoms with Gasteiger partial charge in [0.1, 0.15) is 17.2 Å². The number of ether oxygens (including phenoxy) is 1. The number of benzene rings is 3. The number of para-hydroxylation sites is 1. The number of carbonyl (C=O) groups excluding carboxylic acids is 3. The van der Waals surface area contributed by atoms with Gasteiger partial charge in [0.05, 0.1) is 17.9 Å². The van der Waals surface area contributed by atoms with E-state index in [0.29, 0.717) is 17.9 Å². The van der Waals surface area contributed by atoms with E-state index in [9.17, 15) is 19.5 Å². The van der Waals surface area contributed by atoms with Crippen LogP contribution in [0.3, 0.4) is 0 Å². The maximum absolute atomic E-state index is 12.6. The molecule has 8 heteroatoms. The lowest BCUT2D eigenvalue weighted by Gasteiger charge is -2.11. The summed E-state index contributed by atoms with van der Waals surface area (Å²) < 4.78 is 5.75. The van der Waals surface area contributed by atoms with Gasteiger partial charge in [0, 0.05) is 11.6 Å². The van der Waals surface area contributed by atoms with E-state index in [2.05, 4.69) is 17.4 Å². The van der Waals surface area contributed by atoms with Crippen molar-refractivity contribution in [2.45, 2.75) is 19.3 Å². The molecular formula is C27H27N3O5. The summed E-state index contributed by atoms with van der Waals surface area (Å²) >= 11 is 0. The molecule has 3 aromatic rings. The molecule has 0 aliphatic carbocycles. The van der Waals surface area contributed by atoms with Crippen LogP contribution in [-0.2, 0) is 11.2 Å². The number of allylic oxidation sites excluding steroid dienone is 1. The standard InChI is InChI=1S/C27H27N3O5/c28-22(26(29)33)17-24(31)21-10-6-11-23(25(21)32)30-27(34)19-12-14-20(15-13-19)35-16-5-4-9-18-7-2-1-3-8-18/h1-3,6-8,10-15,17,32H,4-5,9,16,28H2,(H2,29,33)(H,30,34)/b22-17+. The molecule has 0 unspecified atom stereocenters. The van der Waals surface area contributed by atoms with E-state index in [4.69, 9.17) is 16.2 Å². The first-order valence-electron chi connectivity index (χ1n) is 11.1. The fraction of sp³-hybridized carbons (Fsp3) is 0.148. The quantitative estimate of drug-likeness (QED) is 0.145. The summed E-state index contributed by atoms with van der Waals surface area (Å²) in [6, 6.07) is 21.1. The molecule has 8 nitrogen and oxygen atoms in total. The summed E-state index contributed by atoms with van der Waals surface area (Å²) in [5.41, 5.74) is 11.5. The van der Waals surface area contributed by atoms with E-state index in [1.807, 2.05) is 18.2 Å². The van der Waals surface area contributed by atoms with Gasteiger partial charge in [-0.1, -0.05) is 36.4 Å². The second kappa shape index (κ2) is 12.0. The molecule has 6 N–H and O–H groups in total. The molecule has 0 aliphatic heterocycles. The Labute approximate surface area is 203 Å². The Hall–Kier alpha value is -4.59. The molecule has 0 aromatic heterocycles. The Kier molecular flexibility index (Phi) is 8.61. The zero-order valence-electron chi connectivity index (χ0n) is 19.1. The minimum Gasteiger partial charge on any atom is -0.505 e. The molecule has 0 radical (unpaired) electrons.